The van der Waals surface area contributed by atoms with Crippen LogP contribution in [0.2, 0.25) is 0 Å². The van der Waals surface area contributed by atoms with Gasteiger partial charge in [-0.1, -0.05) is 18.9 Å². The highest BCUT2D eigenvalue weighted by molar-refractivity contribution is 7.89. The SMILES string of the molecule is CC(=O)N1c2ccc(S(=O)(=O)N3CCCCCC3)cc2C[C@H]1C(=O)NCc1ccccn1. The zero-order chi connectivity index (χ0) is 22.7. The third-order valence-electron chi connectivity index (χ3n) is 6.05. The molecule has 1 fully saturated rings. The van der Waals surface area contributed by atoms with Crippen molar-refractivity contribution in [2.75, 3.05) is 18.0 Å². The molecule has 32 heavy (non-hydrogen) atoms. The molecule has 8 nitrogen and oxygen atoms in total. The second-order valence-corrected chi connectivity index (χ2v) is 10.2. The van der Waals surface area contributed by atoms with E-state index in [1.165, 1.54) is 11.8 Å². The summed E-state index contributed by atoms with van der Waals surface area (Å²) in [5.74, 6) is -0.552. The number of amides is 2. The minimum atomic E-state index is -3.61. The number of pyridine rings is 1. The normalized spacial score (nSPS) is 19.3. The smallest absolute Gasteiger partial charge is 0.243 e. The fourth-order valence-corrected chi connectivity index (χ4v) is 5.98. The molecule has 0 saturated carbocycles. The van der Waals surface area contributed by atoms with Crippen molar-refractivity contribution in [1.82, 2.24) is 14.6 Å². The average Bonchev–Trinajstić information content (AvgIpc) is 2.96. The number of carbonyl (C=O) groups is 2. The number of aromatic nitrogens is 1. The zero-order valence-electron chi connectivity index (χ0n) is 18.2. The zero-order valence-corrected chi connectivity index (χ0v) is 19.0. The van der Waals surface area contributed by atoms with Crippen LogP contribution in [0.4, 0.5) is 5.69 Å². The van der Waals surface area contributed by atoms with E-state index in [1.807, 2.05) is 12.1 Å². The molecule has 2 aliphatic rings. The number of hydrogen-bond acceptors (Lipinski definition) is 5. The van der Waals surface area contributed by atoms with Crippen molar-refractivity contribution >= 4 is 27.5 Å². The standard InChI is InChI=1S/C23H28N4O4S/c1-17(28)27-21-10-9-20(32(30,31)26-12-6-2-3-7-13-26)14-18(21)15-22(27)23(29)25-16-19-8-4-5-11-24-19/h4-5,8-11,14,22H,2-3,6-7,12-13,15-16H2,1H3,(H,25,29)/t22-/m0/s1. The van der Waals surface area contributed by atoms with Crippen LogP contribution in [0.1, 0.15) is 43.9 Å². The monoisotopic (exact) mass is 456 g/mol. The minimum Gasteiger partial charge on any atom is -0.349 e. The third kappa shape index (κ3) is 4.54. The maximum Gasteiger partial charge on any atom is 0.243 e. The van der Waals surface area contributed by atoms with E-state index in [0.717, 1.165) is 31.4 Å². The Morgan fingerprint density at radius 3 is 2.50 bits per heavy atom. The average molecular weight is 457 g/mol. The summed E-state index contributed by atoms with van der Waals surface area (Å²) in [6, 6.07) is 9.55. The second kappa shape index (κ2) is 9.38. The predicted octanol–water partition coefficient (Wildman–Crippen LogP) is 2.24. The summed E-state index contributed by atoms with van der Waals surface area (Å²) in [4.78, 5) is 31.1. The predicted molar refractivity (Wildman–Crippen MR) is 120 cm³/mol. The number of nitrogens with one attached hydrogen (secondary N) is 1. The topological polar surface area (TPSA) is 99.7 Å². The summed E-state index contributed by atoms with van der Waals surface area (Å²) in [7, 11) is -3.61. The molecule has 1 aromatic heterocycles. The minimum absolute atomic E-state index is 0.219. The molecule has 1 N–H and O–H groups in total. The van der Waals surface area contributed by atoms with Crippen LogP contribution in [-0.4, -0.2) is 48.7 Å². The summed E-state index contributed by atoms with van der Waals surface area (Å²) < 4.78 is 27.9. The van der Waals surface area contributed by atoms with Crippen molar-refractivity contribution in [2.24, 2.45) is 0 Å². The first-order chi connectivity index (χ1) is 15.4. The molecule has 2 amide bonds. The fourth-order valence-electron chi connectivity index (χ4n) is 4.42. The molecule has 0 bridgehead atoms. The first kappa shape index (κ1) is 22.4. The van der Waals surface area contributed by atoms with E-state index in [1.54, 1.807) is 34.8 Å². The van der Waals surface area contributed by atoms with Crippen LogP contribution >= 0.6 is 0 Å². The Balaban J connectivity index is 1.55. The number of fused-ring (bicyclic) bond motifs is 1. The Labute approximate surface area is 188 Å². The van der Waals surface area contributed by atoms with Gasteiger partial charge in [-0.15, -0.1) is 0 Å². The van der Waals surface area contributed by atoms with Gasteiger partial charge >= 0.3 is 0 Å². The van der Waals surface area contributed by atoms with Gasteiger partial charge in [-0.05, 0) is 48.7 Å². The van der Waals surface area contributed by atoms with Gasteiger partial charge < -0.3 is 5.32 Å². The highest BCUT2D eigenvalue weighted by atomic mass is 32.2. The second-order valence-electron chi connectivity index (χ2n) is 8.26. The van der Waals surface area contributed by atoms with Gasteiger partial charge in [0.25, 0.3) is 0 Å². The number of rotatable bonds is 5. The van der Waals surface area contributed by atoms with Crippen molar-refractivity contribution in [2.45, 2.75) is 56.5 Å². The van der Waals surface area contributed by atoms with Gasteiger partial charge in [-0.2, -0.15) is 4.31 Å². The van der Waals surface area contributed by atoms with Crippen LogP contribution < -0.4 is 10.2 Å². The number of sulfonamides is 1. The van der Waals surface area contributed by atoms with Gasteiger partial charge in [0.2, 0.25) is 21.8 Å². The molecule has 2 aromatic rings. The Morgan fingerprint density at radius 1 is 1.09 bits per heavy atom. The number of anilines is 1. The molecule has 2 aliphatic heterocycles. The first-order valence-corrected chi connectivity index (χ1v) is 12.4. The van der Waals surface area contributed by atoms with Gasteiger partial charge in [0.15, 0.2) is 0 Å². The lowest BCUT2D eigenvalue weighted by molar-refractivity contribution is -0.125. The Hall–Kier alpha value is -2.78. The number of benzene rings is 1. The Morgan fingerprint density at radius 2 is 1.84 bits per heavy atom. The molecule has 3 heterocycles. The van der Waals surface area contributed by atoms with Crippen molar-refractivity contribution in [1.29, 1.82) is 0 Å². The number of nitrogens with zero attached hydrogens (tertiary/aromatic N) is 3. The number of carbonyl (C=O) groups excluding carboxylic acids is 2. The van der Waals surface area contributed by atoms with Crippen molar-refractivity contribution in [3.63, 3.8) is 0 Å². The summed E-state index contributed by atoms with van der Waals surface area (Å²) >= 11 is 0. The van der Waals surface area contributed by atoms with E-state index in [0.29, 0.717) is 24.3 Å². The highest BCUT2D eigenvalue weighted by Crippen LogP contribution is 2.35. The van der Waals surface area contributed by atoms with E-state index in [9.17, 15) is 18.0 Å². The molecule has 1 saturated heterocycles. The molecule has 4 rings (SSSR count). The maximum atomic E-state index is 13.2. The molecule has 9 heteroatoms. The van der Waals surface area contributed by atoms with Gasteiger partial charge in [0.05, 0.1) is 17.1 Å². The van der Waals surface area contributed by atoms with E-state index in [4.69, 9.17) is 0 Å². The van der Waals surface area contributed by atoms with E-state index >= 15 is 0 Å². The lowest BCUT2D eigenvalue weighted by Gasteiger charge is -2.23. The summed E-state index contributed by atoms with van der Waals surface area (Å²) in [6.07, 6.45) is 5.73. The van der Waals surface area contributed by atoms with E-state index in [2.05, 4.69) is 10.3 Å². The lowest BCUT2D eigenvalue weighted by Crippen LogP contribution is -2.47. The quantitative estimate of drug-likeness (QED) is 0.744. The molecule has 1 aromatic carbocycles. The van der Waals surface area contributed by atoms with Crippen molar-refractivity contribution < 1.29 is 18.0 Å². The largest absolute Gasteiger partial charge is 0.349 e. The summed E-state index contributed by atoms with van der Waals surface area (Å²) in [6.45, 7) is 2.72. The van der Waals surface area contributed by atoms with Gasteiger partial charge in [0.1, 0.15) is 6.04 Å². The maximum absolute atomic E-state index is 13.2. The van der Waals surface area contributed by atoms with Crippen molar-refractivity contribution in [3.8, 4) is 0 Å². The van der Waals surface area contributed by atoms with Crippen LogP contribution in [0, 0.1) is 0 Å². The van der Waals surface area contributed by atoms with Crippen LogP contribution in [0.15, 0.2) is 47.5 Å². The van der Waals surface area contributed by atoms with Gasteiger partial charge in [0, 0.05) is 38.3 Å². The summed E-state index contributed by atoms with van der Waals surface area (Å²) in [5, 5.41) is 2.84. The highest BCUT2D eigenvalue weighted by Gasteiger charge is 2.38. The summed E-state index contributed by atoms with van der Waals surface area (Å²) in [5.41, 5.74) is 2.00. The van der Waals surface area contributed by atoms with Crippen LogP contribution in [-0.2, 0) is 32.6 Å². The molecule has 1 atom stereocenters. The number of hydrogen-bond donors (Lipinski definition) is 1. The molecular formula is C23H28N4O4S. The fraction of sp³-hybridized carbons (Fsp3) is 0.435. The molecule has 0 aliphatic carbocycles. The van der Waals surface area contributed by atoms with E-state index in [-0.39, 0.29) is 29.7 Å². The Bertz CT molecular complexity index is 1100. The van der Waals surface area contributed by atoms with Gasteiger partial charge in [-0.3, -0.25) is 19.5 Å². The molecule has 0 unspecified atom stereocenters. The molecule has 0 radical (unpaired) electrons. The third-order valence-corrected chi connectivity index (χ3v) is 7.94. The molecule has 170 valence electrons. The van der Waals surface area contributed by atoms with Crippen LogP contribution in [0.5, 0.6) is 0 Å². The van der Waals surface area contributed by atoms with Crippen LogP contribution in [0.3, 0.4) is 0 Å². The van der Waals surface area contributed by atoms with Gasteiger partial charge in [-0.25, -0.2) is 8.42 Å². The van der Waals surface area contributed by atoms with Crippen LogP contribution in [0.25, 0.3) is 0 Å². The Kier molecular flexibility index (Phi) is 6.57. The first-order valence-electron chi connectivity index (χ1n) is 11.0. The van der Waals surface area contributed by atoms with E-state index < -0.39 is 16.1 Å². The molecule has 0 spiro atoms. The molecular weight excluding hydrogens is 428 g/mol. The van der Waals surface area contributed by atoms with Crippen molar-refractivity contribution in [3.05, 3.63) is 53.9 Å². The lowest BCUT2D eigenvalue weighted by atomic mass is 10.1.